The van der Waals surface area contributed by atoms with Crippen molar-refractivity contribution < 1.29 is 32.2 Å². The van der Waals surface area contributed by atoms with Crippen LogP contribution in [0, 0.1) is 11.3 Å². The molecular weight excluding hydrogens is 461 g/mol. The van der Waals surface area contributed by atoms with Gasteiger partial charge in [0.1, 0.15) is 0 Å². The number of hydrogen-bond donors (Lipinski definition) is 0. The van der Waals surface area contributed by atoms with E-state index in [1.807, 2.05) is 0 Å². The number of anilines is 1. The molecule has 0 aromatic heterocycles. The quantitative estimate of drug-likeness (QED) is 0.417. The zero-order valence-corrected chi connectivity index (χ0v) is 19.7. The second kappa shape index (κ2) is 8.59. The molecule has 0 radical (unpaired) electrons. The highest BCUT2D eigenvalue weighted by Crippen LogP contribution is 2.62. The van der Waals surface area contributed by atoms with Crippen LogP contribution in [0.3, 0.4) is 0 Å². The van der Waals surface area contributed by atoms with Crippen molar-refractivity contribution in [3.8, 4) is 6.07 Å². The first-order valence-corrected chi connectivity index (χ1v) is 11.3. The average molecular weight is 486 g/mol. The molecular formula is C26H25F3N2O4. The fourth-order valence-corrected chi connectivity index (χ4v) is 5.13. The minimum atomic E-state index is -4.65. The number of carbonyl (C=O) groups is 2. The number of carbonyl (C=O) groups excluding carboxylic acids is 2. The van der Waals surface area contributed by atoms with Crippen molar-refractivity contribution in [2.45, 2.75) is 70.0 Å². The number of hydrogen-bond acceptors (Lipinski definition) is 6. The second-order valence-electron chi connectivity index (χ2n) is 9.26. The summed E-state index contributed by atoms with van der Waals surface area (Å²) in [6.07, 6.45) is -5.89. The van der Waals surface area contributed by atoms with E-state index in [-0.39, 0.29) is 17.7 Å². The molecule has 0 saturated heterocycles. The van der Waals surface area contributed by atoms with Crippen molar-refractivity contribution in [2.75, 3.05) is 4.90 Å². The Balaban J connectivity index is 2.08. The summed E-state index contributed by atoms with van der Waals surface area (Å²) in [5.74, 6) is -1.81. The van der Waals surface area contributed by atoms with Crippen LogP contribution in [-0.2, 0) is 30.7 Å². The van der Waals surface area contributed by atoms with E-state index in [0.717, 1.165) is 18.2 Å². The Morgan fingerprint density at radius 3 is 2.11 bits per heavy atom. The van der Waals surface area contributed by atoms with Gasteiger partial charge in [-0.15, -0.1) is 0 Å². The van der Waals surface area contributed by atoms with Crippen molar-refractivity contribution >= 4 is 17.6 Å². The van der Waals surface area contributed by atoms with Crippen molar-refractivity contribution in [3.05, 3.63) is 64.7 Å². The molecule has 35 heavy (non-hydrogen) atoms. The van der Waals surface area contributed by atoms with Gasteiger partial charge in [-0.05, 0) is 51.0 Å². The van der Waals surface area contributed by atoms with E-state index in [2.05, 4.69) is 6.07 Å². The maximum atomic E-state index is 13.8. The monoisotopic (exact) mass is 486 g/mol. The second-order valence-corrected chi connectivity index (χ2v) is 9.26. The number of fused-ring (bicyclic) bond motifs is 5. The molecule has 2 atom stereocenters. The van der Waals surface area contributed by atoms with Gasteiger partial charge >= 0.3 is 18.1 Å². The molecule has 0 bridgehead atoms. The summed E-state index contributed by atoms with van der Waals surface area (Å²) >= 11 is 0. The van der Waals surface area contributed by atoms with Gasteiger partial charge < -0.3 is 14.4 Å². The van der Waals surface area contributed by atoms with Gasteiger partial charge in [0.2, 0.25) is 5.41 Å². The summed E-state index contributed by atoms with van der Waals surface area (Å²) in [5.41, 5.74) is -1.63. The zero-order chi connectivity index (χ0) is 25.7. The van der Waals surface area contributed by atoms with Gasteiger partial charge in [0.25, 0.3) is 0 Å². The molecule has 2 aromatic carbocycles. The van der Waals surface area contributed by atoms with Crippen LogP contribution >= 0.6 is 0 Å². The Morgan fingerprint density at radius 2 is 1.60 bits per heavy atom. The van der Waals surface area contributed by atoms with Crippen molar-refractivity contribution in [1.82, 2.24) is 0 Å². The van der Waals surface area contributed by atoms with Gasteiger partial charge in [-0.1, -0.05) is 30.3 Å². The van der Waals surface area contributed by atoms with Crippen LogP contribution in [-0.4, -0.2) is 24.1 Å². The molecule has 2 heterocycles. The van der Waals surface area contributed by atoms with Crippen LogP contribution in [0.5, 0.6) is 0 Å². The fourth-order valence-electron chi connectivity index (χ4n) is 5.13. The van der Waals surface area contributed by atoms with Crippen molar-refractivity contribution in [2.24, 2.45) is 0 Å². The van der Waals surface area contributed by atoms with E-state index in [1.54, 1.807) is 56.9 Å². The zero-order valence-electron chi connectivity index (χ0n) is 19.7. The summed E-state index contributed by atoms with van der Waals surface area (Å²) in [6.45, 7) is 6.50. The van der Waals surface area contributed by atoms with Gasteiger partial charge in [-0.2, -0.15) is 18.4 Å². The Kier molecular flexibility index (Phi) is 6.04. The van der Waals surface area contributed by atoms with Crippen LogP contribution in [0.15, 0.2) is 42.5 Å². The van der Waals surface area contributed by atoms with E-state index in [0.29, 0.717) is 11.1 Å². The number of nitrogens with zero attached hydrogens (tertiary/aromatic N) is 2. The average Bonchev–Trinajstić information content (AvgIpc) is 3.24. The molecule has 184 valence electrons. The number of rotatable bonds is 5. The van der Waals surface area contributed by atoms with Gasteiger partial charge in [0.05, 0.1) is 42.3 Å². The van der Waals surface area contributed by atoms with E-state index < -0.39 is 53.4 Å². The molecule has 0 unspecified atom stereocenters. The Hall–Kier alpha value is -3.54. The minimum Gasteiger partial charge on any atom is -0.462 e. The lowest BCUT2D eigenvalue weighted by molar-refractivity contribution is -0.170. The van der Waals surface area contributed by atoms with E-state index in [9.17, 15) is 28.0 Å². The third kappa shape index (κ3) is 3.72. The maximum absolute atomic E-state index is 13.8. The summed E-state index contributed by atoms with van der Waals surface area (Å²) in [7, 11) is 0. The summed E-state index contributed by atoms with van der Waals surface area (Å²) in [4.78, 5) is 29.2. The normalized spacial score (nSPS) is 19.7. The van der Waals surface area contributed by atoms with Gasteiger partial charge in [-0.25, -0.2) is 0 Å². The smallest absolute Gasteiger partial charge is 0.416 e. The molecule has 0 saturated carbocycles. The number of esters is 2. The summed E-state index contributed by atoms with van der Waals surface area (Å²) < 4.78 is 52.2. The Labute approximate surface area is 201 Å². The lowest BCUT2D eigenvalue weighted by Gasteiger charge is -2.34. The summed E-state index contributed by atoms with van der Waals surface area (Å²) in [6, 6.07) is 10.3. The van der Waals surface area contributed by atoms with Crippen molar-refractivity contribution in [3.63, 3.8) is 0 Å². The highest BCUT2D eigenvalue weighted by atomic mass is 19.4. The lowest BCUT2D eigenvalue weighted by atomic mass is 9.73. The highest BCUT2D eigenvalue weighted by molar-refractivity contribution is 6.11. The lowest BCUT2D eigenvalue weighted by Crippen LogP contribution is -2.51. The molecule has 6 nitrogen and oxygen atoms in total. The topological polar surface area (TPSA) is 79.6 Å². The first-order valence-electron chi connectivity index (χ1n) is 11.3. The number of nitriles is 1. The molecule has 2 aliphatic rings. The Morgan fingerprint density at radius 1 is 1.03 bits per heavy atom. The standard InChI is InChI=1S/C26H25F3N2O4/c1-14(2)34-23(32)25(24(33)35-15(3)4)19-10-9-16(26(27,28)29)13-21(19)31-20(11-12-30)17-7-5-6-8-18(17)22(25)31/h5-10,13-15,20,22H,11H2,1-4H3/t20-,22+/m0/s1. The number of ether oxygens (including phenoxy) is 2. The minimum absolute atomic E-state index is 0.0578. The third-order valence-electron chi connectivity index (χ3n) is 6.32. The largest absolute Gasteiger partial charge is 0.462 e. The molecule has 0 amide bonds. The van der Waals surface area contributed by atoms with E-state index in [4.69, 9.17) is 9.47 Å². The first-order chi connectivity index (χ1) is 16.4. The summed E-state index contributed by atoms with van der Waals surface area (Å²) in [5, 5.41) is 9.55. The number of benzene rings is 2. The molecule has 0 spiro atoms. The van der Waals surface area contributed by atoms with Crippen molar-refractivity contribution in [1.29, 1.82) is 5.26 Å². The molecule has 0 aliphatic carbocycles. The number of halogens is 3. The van der Waals surface area contributed by atoms with Crippen LogP contribution in [0.25, 0.3) is 0 Å². The molecule has 2 aromatic rings. The predicted molar refractivity (Wildman–Crippen MR) is 120 cm³/mol. The third-order valence-corrected chi connectivity index (χ3v) is 6.32. The highest BCUT2D eigenvalue weighted by Gasteiger charge is 2.68. The van der Waals surface area contributed by atoms with E-state index >= 15 is 0 Å². The predicted octanol–water partition coefficient (Wildman–Crippen LogP) is 5.38. The first kappa shape index (κ1) is 24.6. The molecule has 9 heteroatoms. The SMILES string of the molecule is CC(C)OC(=O)C1(C(=O)OC(C)C)c2ccc(C(F)(F)F)cc2N2[C@@H](CC#N)c3ccccc3[C@@H]21. The van der Waals surface area contributed by atoms with Crippen LogP contribution in [0.4, 0.5) is 18.9 Å². The molecule has 0 N–H and O–H groups in total. The maximum Gasteiger partial charge on any atom is 0.416 e. The molecule has 0 fully saturated rings. The van der Waals surface area contributed by atoms with Gasteiger partial charge in [0.15, 0.2) is 0 Å². The van der Waals surface area contributed by atoms with Crippen LogP contribution in [0.1, 0.15) is 68.5 Å². The molecule has 4 rings (SSSR count). The van der Waals surface area contributed by atoms with Gasteiger partial charge in [-0.3, -0.25) is 9.59 Å². The Bertz CT molecular complexity index is 1190. The number of alkyl halides is 3. The van der Waals surface area contributed by atoms with E-state index in [1.165, 1.54) is 0 Å². The van der Waals surface area contributed by atoms with Gasteiger partial charge in [0, 0.05) is 11.3 Å². The van der Waals surface area contributed by atoms with Crippen LogP contribution in [0.2, 0.25) is 0 Å². The fraction of sp³-hybridized carbons (Fsp3) is 0.423. The van der Waals surface area contributed by atoms with Crippen LogP contribution < -0.4 is 4.90 Å². The molecule has 2 aliphatic heterocycles.